The van der Waals surface area contributed by atoms with Crippen LogP contribution in [0.4, 0.5) is 11.4 Å². The summed E-state index contributed by atoms with van der Waals surface area (Å²) in [4.78, 5) is 10.5. The first-order valence-electron chi connectivity index (χ1n) is 6.54. The number of hydrazone groups is 1. The minimum absolute atomic E-state index is 0.0316. The molecule has 0 aliphatic rings. The summed E-state index contributed by atoms with van der Waals surface area (Å²) in [5.41, 5.74) is 4.58. The number of hydrogen-bond acceptors (Lipinski definition) is 4. The molecule has 1 N–H and O–H groups in total. The highest BCUT2D eigenvalue weighted by molar-refractivity contribution is 6.42. The van der Waals surface area contributed by atoms with E-state index in [-0.39, 0.29) is 5.69 Å². The van der Waals surface area contributed by atoms with Crippen molar-refractivity contribution in [2.45, 2.75) is 13.3 Å². The molecule has 0 spiro atoms. The maximum Gasteiger partial charge on any atom is 0.294 e. The minimum atomic E-state index is -0.456. The highest BCUT2D eigenvalue weighted by Gasteiger charge is 2.12. The molecule has 0 aliphatic carbocycles. The first kappa shape index (κ1) is 16.3. The van der Waals surface area contributed by atoms with E-state index in [1.807, 2.05) is 6.92 Å². The average Bonchev–Trinajstić information content (AvgIpc) is 2.51. The van der Waals surface area contributed by atoms with Gasteiger partial charge >= 0.3 is 0 Å². The van der Waals surface area contributed by atoms with Gasteiger partial charge in [0.15, 0.2) is 0 Å². The van der Waals surface area contributed by atoms with Crippen LogP contribution < -0.4 is 5.43 Å². The molecule has 0 saturated carbocycles. The van der Waals surface area contributed by atoms with E-state index in [0.717, 1.165) is 11.3 Å². The number of rotatable bonds is 5. The van der Waals surface area contributed by atoms with E-state index in [2.05, 4.69) is 10.5 Å². The van der Waals surface area contributed by atoms with E-state index in [4.69, 9.17) is 23.2 Å². The molecule has 0 heterocycles. The molecular weight excluding hydrogens is 325 g/mol. The summed E-state index contributed by atoms with van der Waals surface area (Å²) in [7, 11) is 0. The number of nitrogens with one attached hydrogen (secondary N) is 1. The van der Waals surface area contributed by atoms with Gasteiger partial charge in [-0.15, -0.1) is 0 Å². The van der Waals surface area contributed by atoms with Crippen molar-refractivity contribution in [2.24, 2.45) is 5.10 Å². The fourth-order valence-corrected chi connectivity index (χ4v) is 2.18. The van der Waals surface area contributed by atoms with Gasteiger partial charge in [-0.3, -0.25) is 15.5 Å². The Morgan fingerprint density at radius 2 is 1.95 bits per heavy atom. The third kappa shape index (κ3) is 3.75. The van der Waals surface area contributed by atoms with Crippen molar-refractivity contribution in [1.29, 1.82) is 0 Å². The molecule has 0 atom stereocenters. The molecule has 114 valence electrons. The molecule has 0 aliphatic heterocycles. The Morgan fingerprint density at radius 3 is 2.59 bits per heavy atom. The molecule has 2 rings (SSSR count). The third-order valence-corrected chi connectivity index (χ3v) is 3.74. The number of hydrogen-bond donors (Lipinski definition) is 1. The Labute approximate surface area is 137 Å². The van der Waals surface area contributed by atoms with Gasteiger partial charge in [0.05, 0.1) is 20.7 Å². The average molecular weight is 338 g/mol. The number of benzene rings is 2. The van der Waals surface area contributed by atoms with E-state index < -0.39 is 4.92 Å². The molecule has 0 bridgehead atoms. The van der Waals surface area contributed by atoms with Crippen molar-refractivity contribution in [3.05, 3.63) is 68.2 Å². The van der Waals surface area contributed by atoms with Crippen LogP contribution in [0.15, 0.2) is 47.6 Å². The molecule has 0 fully saturated rings. The van der Waals surface area contributed by atoms with E-state index >= 15 is 0 Å². The van der Waals surface area contributed by atoms with Gasteiger partial charge in [0.2, 0.25) is 0 Å². The van der Waals surface area contributed by atoms with E-state index in [0.29, 0.717) is 22.2 Å². The van der Waals surface area contributed by atoms with Crippen molar-refractivity contribution in [2.75, 3.05) is 5.43 Å². The van der Waals surface area contributed by atoms with Gasteiger partial charge in [0.1, 0.15) is 5.69 Å². The quantitative estimate of drug-likeness (QED) is 0.467. The fourth-order valence-electron chi connectivity index (χ4n) is 1.88. The number of para-hydroxylation sites is 2. The highest BCUT2D eigenvalue weighted by atomic mass is 35.5. The SMILES string of the molecule is CC/C(=N/Nc1ccccc1[N+](=O)[O-])c1ccc(Cl)c(Cl)c1. The topological polar surface area (TPSA) is 67.5 Å². The summed E-state index contributed by atoms with van der Waals surface area (Å²) >= 11 is 11.9. The Hall–Kier alpha value is -2.11. The largest absolute Gasteiger partial charge is 0.294 e. The maximum absolute atomic E-state index is 11.0. The second kappa shape index (κ2) is 7.24. The first-order valence-corrected chi connectivity index (χ1v) is 7.30. The standard InChI is InChI=1S/C15H13Cl2N3O2/c1-2-13(10-7-8-11(16)12(17)9-10)18-19-14-5-3-4-6-15(14)20(21)22/h3-9,19H,2H2,1H3/b18-13-. The van der Waals surface area contributed by atoms with Crippen LogP contribution in [-0.4, -0.2) is 10.6 Å². The molecule has 0 unspecified atom stereocenters. The summed E-state index contributed by atoms with van der Waals surface area (Å²) in [6.07, 6.45) is 0.631. The second-order valence-electron chi connectivity index (χ2n) is 4.43. The zero-order chi connectivity index (χ0) is 16.1. The van der Waals surface area contributed by atoms with Gasteiger partial charge in [-0.25, -0.2) is 0 Å². The van der Waals surface area contributed by atoms with Gasteiger partial charge in [0, 0.05) is 6.07 Å². The second-order valence-corrected chi connectivity index (χ2v) is 5.24. The van der Waals surface area contributed by atoms with Gasteiger partial charge in [-0.1, -0.05) is 48.3 Å². The van der Waals surface area contributed by atoms with Gasteiger partial charge in [-0.05, 0) is 30.2 Å². The number of nitro benzene ring substituents is 1. The lowest BCUT2D eigenvalue weighted by Gasteiger charge is -2.07. The molecule has 2 aromatic carbocycles. The lowest BCUT2D eigenvalue weighted by atomic mass is 10.1. The third-order valence-electron chi connectivity index (χ3n) is 3.00. The lowest BCUT2D eigenvalue weighted by Crippen LogP contribution is -2.04. The number of nitrogens with zero attached hydrogens (tertiary/aromatic N) is 2. The van der Waals surface area contributed by atoms with Crippen molar-refractivity contribution in [3.63, 3.8) is 0 Å². The van der Waals surface area contributed by atoms with E-state index in [1.165, 1.54) is 6.07 Å². The maximum atomic E-state index is 11.0. The van der Waals surface area contributed by atoms with E-state index in [9.17, 15) is 10.1 Å². The molecule has 22 heavy (non-hydrogen) atoms. The first-order chi connectivity index (χ1) is 10.5. The summed E-state index contributed by atoms with van der Waals surface area (Å²) in [5.74, 6) is 0. The number of anilines is 1. The van der Waals surface area contributed by atoms with Crippen molar-refractivity contribution in [3.8, 4) is 0 Å². The van der Waals surface area contributed by atoms with Crippen LogP contribution in [0, 0.1) is 10.1 Å². The smallest absolute Gasteiger partial charge is 0.271 e. The number of halogens is 2. The molecule has 0 saturated heterocycles. The van der Waals surface area contributed by atoms with Crippen molar-refractivity contribution in [1.82, 2.24) is 0 Å². The zero-order valence-corrected chi connectivity index (χ0v) is 13.2. The Balaban J connectivity index is 2.30. The number of nitro groups is 1. The van der Waals surface area contributed by atoms with Crippen LogP contribution in [0.3, 0.4) is 0 Å². The van der Waals surface area contributed by atoms with Crippen LogP contribution in [0.1, 0.15) is 18.9 Å². The Kier molecular flexibility index (Phi) is 5.35. The molecule has 0 radical (unpaired) electrons. The van der Waals surface area contributed by atoms with Gasteiger partial charge in [0.25, 0.3) is 5.69 Å². The normalized spacial score (nSPS) is 11.3. The van der Waals surface area contributed by atoms with Crippen LogP contribution in [0.25, 0.3) is 0 Å². The summed E-state index contributed by atoms with van der Waals surface area (Å²) < 4.78 is 0. The van der Waals surface area contributed by atoms with Gasteiger partial charge < -0.3 is 0 Å². The Bertz CT molecular complexity index is 732. The summed E-state index contributed by atoms with van der Waals surface area (Å²) in [6, 6.07) is 11.5. The zero-order valence-electron chi connectivity index (χ0n) is 11.7. The predicted molar refractivity (Wildman–Crippen MR) is 90.0 cm³/mol. The minimum Gasteiger partial charge on any atom is -0.271 e. The molecular formula is C15H13Cl2N3O2. The van der Waals surface area contributed by atoms with Crippen LogP contribution in [0.2, 0.25) is 10.0 Å². The van der Waals surface area contributed by atoms with Crippen molar-refractivity contribution < 1.29 is 4.92 Å². The van der Waals surface area contributed by atoms with Crippen LogP contribution >= 0.6 is 23.2 Å². The molecule has 7 heteroatoms. The lowest BCUT2D eigenvalue weighted by molar-refractivity contribution is -0.384. The molecule has 0 aromatic heterocycles. The Morgan fingerprint density at radius 1 is 1.23 bits per heavy atom. The predicted octanol–water partition coefficient (Wildman–Crippen LogP) is 5.13. The van der Waals surface area contributed by atoms with E-state index in [1.54, 1.807) is 36.4 Å². The molecule has 2 aromatic rings. The summed E-state index contributed by atoms with van der Waals surface area (Å²) in [5, 5.41) is 16.1. The highest BCUT2D eigenvalue weighted by Crippen LogP contribution is 2.25. The fraction of sp³-hybridized carbons (Fsp3) is 0.133. The molecule has 0 amide bonds. The summed E-state index contributed by atoms with van der Waals surface area (Å²) in [6.45, 7) is 1.93. The monoisotopic (exact) mass is 337 g/mol. The van der Waals surface area contributed by atoms with Crippen LogP contribution in [-0.2, 0) is 0 Å². The van der Waals surface area contributed by atoms with Gasteiger partial charge in [-0.2, -0.15) is 5.10 Å². The van der Waals surface area contributed by atoms with Crippen LogP contribution in [0.5, 0.6) is 0 Å². The molecule has 5 nitrogen and oxygen atoms in total. The van der Waals surface area contributed by atoms with Crippen molar-refractivity contribution >= 4 is 40.3 Å².